The monoisotopic (exact) mass is 268 g/mol. The zero-order chi connectivity index (χ0) is 13.6. The maximum Gasteiger partial charge on any atom is 0.0645 e. The molecule has 0 aromatic heterocycles. The molecule has 0 saturated heterocycles. The number of hydrogen-bond acceptors (Lipinski definition) is 0. The number of fused-ring (bicyclic) bond motifs is 7. The molecule has 4 aliphatic rings. The topological polar surface area (TPSA) is 0 Å². The van der Waals surface area contributed by atoms with Crippen LogP contribution >= 0.6 is 0 Å². The van der Waals surface area contributed by atoms with Gasteiger partial charge in [0.2, 0.25) is 0 Å². The molecular formula is C21H16. The lowest BCUT2D eigenvalue weighted by Gasteiger charge is -2.38. The van der Waals surface area contributed by atoms with Gasteiger partial charge in [-0.15, -0.1) is 0 Å². The average molecular weight is 268 g/mol. The predicted octanol–water partition coefficient (Wildman–Crippen LogP) is 5.15. The Balaban J connectivity index is 1.84. The van der Waals surface area contributed by atoms with E-state index in [9.17, 15) is 0 Å². The zero-order valence-electron chi connectivity index (χ0n) is 11.9. The molecule has 0 saturated carbocycles. The minimum Gasteiger partial charge on any atom is -0.0619 e. The van der Waals surface area contributed by atoms with Crippen molar-refractivity contribution < 1.29 is 0 Å². The van der Waals surface area contributed by atoms with Crippen LogP contribution in [0, 0.1) is 0 Å². The van der Waals surface area contributed by atoms with Gasteiger partial charge < -0.3 is 0 Å². The second-order valence-corrected chi connectivity index (χ2v) is 6.76. The summed E-state index contributed by atoms with van der Waals surface area (Å²) in [6.07, 6.45) is 5.20. The fourth-order valence-corrected chi connectivity index (χ4v) is 5.66. The molecule has 0 nitrogen and oxygen atoms in total. The molecule has 0 amide bonds. The first-order valence-corrected chi connectivity index (χ1v) is 8.07. The largest absolute Gasteiger partial charge is 0.0645 e. The molecule has 6 rings (SSSR count). The highest BCUT2D eigenvalue weighted by Gasteiger charge is 2.57. The third-order valence-electron chi connectivity index (χ3n) is 6.20. The quantitative estimate of drug-likeness (QED) is 0.620. The van der Waals surface area contributed by atoms with E-state index >= 15 is 0 Å². The van der Waals surface area contributed by atoms with Crippen LogP contribution in [0.15, 0.2) is 70.8 Å². The Morgan fingerprint density at radius 1 is 0.571 bits per heavy atom. The van der Waals surface area contributed by atoms with E-state index in [1.54, 1.807) is 33.4 Å². The van der Waals surface area contributed by atoms with E-state index in [-0.39, 0.29) is 5.41 Å². The van der Waals surface area contributed by atoms with Gasteiger partial charge in [-0.1, -0.05) is 48.5 Å². The van der Waals surface area contributed by atoms with Gasteiger partial charge in [0.05, 0.1) is 5.41 Å². The van der Waals surface area contributed by atoms with Gasteiger partial charge in [-0.05, 0) is 70.2 Å². The van der Waals surface area contributed by atoms with Gasteiger partial charge in [0.25, 0.3) is 0 Å². The van der Waals surface area contributed by atoms with Crippen LogP contribution in [-0.2, 0) is 5.41 Å². The minimum absolute atomic E-state index is 0.147. The van der Waals surface area contributed by atoms with Crippen molar-refractivity contribution in [3.05, 3.63) is 82.0 Å². The molecule has 2 aromatic carbocycles. The van der Waals surface area contributed by atoms with Crippen molar-refractivity contribution >= 4 is 0 Å². The molecule has 1 spiro atoms. The Labute approximate surface area is 124 Å². The molecule has 0 heteroatoms. The van der Waals surface area contributed by atoms with E-state index in [0.717, 1.165) is 0 Å². The van der Waals surface area contributed by atoms with E-state index in [0.29, 0.717) is 0 Å². The normalized spacial score (nSPS) is 22.5. The van der Waals surface area contributed by atoms with Crippen molar-refractivity contribution in [2.75, 3.05) is 0 Å². The van der Waals surface area contributed by atoms with Crippen molar-refractivity contribution in [2.45, 2.75) is 31.1 Å². The van der Waals surface area contributed by atoms with Gasteiger partial charge in [-0.3, -0.25) is 0 Å². The Morgan fingerprint density at radius 3 is 1.57 bits per heavy atom. The van der Waals surface area contributed by atoms with Crippen LogP contribution in [0.25, 0.3) is 11.1 Å². The van der Waals surface area contributed by atoms with Crippen molar-refractivity contribution in [3.8, 4) is 11.1 Å². The Kier molecular flexibility index (Phi) is 1.63. The Morgan fingerprint density at radius 2 is 1.05 bits per heavy atom. The van der Waals surface area contributed by atoms with Crippen molar-refractivity contribution in [2.24, 2.45) is 0 Å². The Bertz CT molecular complexity index is 816. The third-order valence-corrected chi connectivity index (χ3v) is 6.20. The summed E-state index contributed by atoms with van der Waals surface area (Å²) in [5.74, 6) is 0. The van der Waals surface area contributed by atoms with E-state index < -0.39 is 0 Å². The third kappa shape index (κ3) is 0.929. The molecule has 0 fully saturated rings. The number of benzene rings is 2. The standard InChI is InChI=1S/C21H16/c1-3-7-17-13(5-1)14-6-2-4-8-18(14)21(17)19-11-9-15-16(19)10-12-20(15)21/h1-8H,9-12H2. The van der Waals surface area contributed by atoms with Crippen LogP contribution in [0.2, 0.25) is 0 Å². The van der Waals surface area contributed by atoms with Gasteiger partial charge >= 0.3 is 0 Å². The van der Waals surface area contributed by atoms with Crippen LogP contribution in [0.3, 0.4) is 0 Å². The van der Waals surface area contributed by atoms with E-state index in [4.69, 9.17) is 0 Å². The highest BCUT2D eigenvalue weighted by Crippen LogP contribution is 2.69. The summed E-state index contributed by atoms with van der Waals surface area (Å²) in [4.78, 5) is 0. The smallest absolute Gasteiger partial charge is 0.0619 e. The summed E-state index contributed by atoms with van der Waals surface area (Å²) in [7, 11) is 0. The SMILES string of the molecule is c1ccc2c(c1)-c1ccccc1C21C2=C3CCC1=C3CC2. The molecular weight excluding hydrogens is 252 g/mol. The van der Waals surface area contributed by atoms with Crippen molar-refractivity contribution in [1.29, 1.82) is 0 Å². The molecule has 0 atom stereocenters. The molecule has 0 unspecified atom stereocenters. The fraction of sp³-hybridized carbons (Fsp3) is 0.238. The number of hydrogen-bond donors (Lipinski definition) is 0. The minimum atomic E-state index is 0.147. The van der Waals surface area contributed by atoms with Gasteiger partial charge in [0, 0.05) is 0 Å². The fourth-order valence-electron chi connectivity index (χ4n) is 5.66. The molecule has 4 aliphatic carbocycles. The van der Waals surface area contributed by atoms with Gasteiger partial charge in [0.1, 0.15) is 0 Å². The van der Waals surface area contributed by atoms with Crippen LogP contribution in [0.4, 0.5) is 0 Å². The van der Waals surface area contributed by atoms with Crippen LogP contribution < -0.4 is 0 Å². The number of allylic oxidation sites excluding steroid dienone is 4. The summed E-state index contributed by atoms with van der Waals surface area (Å²) < 4.78 is 0. The zero-order valence-corrected chi connectivity index (χ0v) is 11.9. The van der Waals surface area contributed by atoms with Crippen molar-refractivity contribution in [1.82, 2.24) is 0 Å². The second kappa shape index (κ2) is 3.22. The summed E-state index contributed by atoms with van der Waals surface area (Å²) in [6, 6.07) is 18.2. The molecule has 0 N–H and O–H groups in total. The molecule has 2 aromatic rings. The first-order valence-electron chi connectivity index (χ1n) is 8.07. The van der Waals surface area contributed by atoms with Crippen LogP contribution in [0.1, 0.15) is 36.8 Å². The Hall–Kier alpha value is -2.08. The molecule has 0 heterocycles. The van der Waals surface area contributed by atoms with Gasteiger partial charge in [-0.2, -0.15) is 0 Å². The molecule has 4 bridgehead atoms. The maximum absolute atomic E-state index is 2.38. The average Bonchev–Trinajstić information content (AvgIpc) is 3.26. The van der Waals surface area contributed by atoms with E-state index in [2.05, 4.69) is 48.5 Å². The van der Waals surface area contributed by atoms with Gasteiger partial charge in [-0.25, -0.2) is 0 Å². The second-order valence-electron chi connectivity index (χ2n) is 6.76. The lowest BCUT2D eigenvalue weighted by Crippen LogP contribution is -2.31. The summed E-state index contributed by atoms with van der Waals surface area (Å²) in [6.45, 7) is 0. The lowest BCUT2D eigenvalue weighted by molar-refractivity contribution is 0.624. The first kappa shape index (κ1) is 10.6. The number of rotatable bonds is 0. The van der Waals surface area contributed by atoms with Gasteiger partial charge in [0.15, 0.2) is 0 Å². The summed E-state index contributed by atoms with van der Waals surface area (Å²) >= 11 is 0. The highest BCUT2D eigenvalue weighted by atomic mass is 14.6. The van der Waals surface area contributed by atoms with E-state index in [1.165, 1.54) is 36.8 Å². The molecule has 0 aliphatic heterocycles. The maximum atomic E-state index is 2.38. The van der Waals surface area contributed by atoms with Crippen molar-refractivity contribution in [3.63, 3.8) is 0 Å². The summed E-state index contributed by atoms with van der Waals surface area (Å²) in [5.41, 5.74) is 13.2. The molecule has 21 heavy (non-hydrogen) atoms. The van der Waals surface area contributed by atoms with Crippen LogP contribution in [0.5, 0.6) is 0 Å². The first-order chi connectivity index (χ1) is 10.4. The van der Waals surface area contributed by atoms with E-state index in [1.807, 2.05) is 0 Å². The lowest BCUT2D eigenvalue weighted by atomic mass is 9.64. The molecule has 100 valence electrons. The highest BCUT2D eigenvalue weighted by molar-refractivity contribution is 5.89. The summed E-state index contributed by atoms with van der Waals surface area (Å²) in [5, 5.41) is 0. The van der Waals surface area contributed by atoms with Crippen LogP contribution in [-0.4, -0.2) is 0 Å². The predicted molar refractivity (Wildman–Crippen MR) is 85.2 cm³/mol. The molecule has 0 radical (unpaired) electrons.